The molecule has 1 aliphatic heterocycles. The van der Waals surface area contributed by atoms with E-state index in [1.165, 1.54) is 0 Å². The van der Waals surface area contributed by atoms with E-state index in [0.29, 0.717) is 18.4 Å². The fraction of sp³-hybridized carbons (Fsp3) is 1.00. The Morgan fingerprint density at radius 2 is 2.06 bits per heavy atom. The SMILES string of the molecule is CC(C)OP(O)(=S)OC[C@H]1OCC[C@@H]1C(C)C. The summed E-state index contributed by atoms with van der Waals surface area (Å²) in [5.41, 5.74) is 0. The first-order valence-electron chi connectivity index (χ1n) is 6.09. The monoisotopic (exact) mass is 282 g/mol. The van der Waals surface area contributed by atoms with Crippen LogP contribution in [0, 0.1) is 11.8 Å². The summed E-state index contributed by atoms with van der Waals surface area (Å²) in [6.45, 7) is 5.97. The largest absolute Gasteiger partial charge is 0.375 e. The average Bonchev–Trinajstić information content (AvgIpc) is 2.60. The minimum absolute atomic E-state index is 0.0280. The first kappa shape index (κ1) is 15.5. The highest BCUT2D eigenvalue weighted by Crippen LogP contribution is 2.46. The van der Waals surface area contributed by atoms with Crippen molar-refractivity contribution in [2.24, 2.45) is 11.8 Å². The zero-order valence-corrected chi connectivity index (χ0v) is 12.7. The van der Waals surface area contributed by atoms with Gasteiger partial charge in [0.25, 0.3) is 0 Å². The van der Waals surface area contributed by atoms with Gasteiger partial charge in [-0.1, -0.05) is 13.8 Å². The normalized spacial score (nSPS) is 28.9. The highest BCUT2D eigenvalue weighted by molar-refractivity contribution is 8.07. The molecule has 0 aromatic carbocycles. The number of hydrogen-bond donors (Lipinski definition) is 1. The maximum atomic E-state index is 9.80. The van der Waals surface area contributed by atoms with E-state index in [0.717, 1.165) is 13.0 Å². The van der Waals surface area contributed by atoms with Crippen LogP contribution >= 0.6 is 6.72 Å². The Morgan fingerprint density at radius 3 is 2.59 bits per heavy atom. The molecule has 102 valence electrons. The third kappa shape index (κ3) is 5.33. The van der Waals surface area contributed by atoms with E-state index in [1.54, 1.807) is 0 Å². The maximum absolute atomic E-state index is 9.80. The van der Waals surface area contributed by atoms with Crippen molar-refractivity contribution in [2.75, 3.05) is 13.2 Å². The van der Waals surface area contributed by atoms with Crippen molar-refractivity contribution in [3.8, 4) is 0 Å². The lowest BCUT2D eigenvalue weighted by molar-refractivity contribution is 0.0291. The zero-order valence-electron chi connectivity index (χ0n) is 11.0. The van der Waals surface area contributed by atoms with E-state index in [9.17, 15) is 4.89 Å². The Kier molecular flexibility index (Phi) is 6.03. The molecule has 1 heterocycles. The summed E-state index contributed by atoms with van der Waals surface area (Å²) >= 11 is 4.93. The third-order valence-electron chi connectivity index (χ3n) is 2.86. The van der Waals surface area contributed by atoms with Gasteiger partial charge in [-0.3, -0.25) is 0 Å². The number of rotatable bonds is 6. The predicted molar refractivity (Wildman–Crippen MR) is 71.4 cm³/mol. The van der Waals surface area contributed by atoms with Gasteiger partial charge in [-0.2, -0.15) is 0 Å². The quantitative estimate of drug-likeness (QED) is 0.759. The molecular weight excluding hydrogens is 259 g/mol. The molecule has 1 unspecified atom stereocenters. The van der Waals surface area contributed by atoms with Crippen LogP contribution in [0.2, 0.25) is 0 Å². The summed E-state index contributed by atoms with van der Waals surface area (Å²) < 4.78 is 16.1. The first-order valence-corrected chi connectivity index (χ1v) is 8.68. The summed E-state index contributed by atoms with van der Waals surface area (Å²) in [4.78, 5) is 9.80. The average molecular weight is 282 g/mol. The molecule has 0 radical (unpaired) electrons. The van der Waals surface area contributed by atoms with E-state index in [-0.39, 0.29) is 12.2 Å². The Morgan fingerprint density at radius 1 is 1.41 bits per heavy atom. The van der Waals surface area contributed by atoms with Gasteiger partial charge in [0.2, 0.25) is 0 Å². The fourth-order valence-electron chi connectivity index (χ4n) is 2.06. The van der Waals surface area contributed by atoms with Crippen molar-refractivity contribution in [1.29, 1.82) is 0 Å². The van der Waals surface area contributed by atoms with Crippen LogP contribution in [0.1, 0.15) is 34.1 Å². The van der Waals surface area contributed by atoms with Gasteiger partial charge < -0.3 is 18.7 Å². The molecule has 1 aliphatic rings. The van der Waals surface area contributed by atoms with E-state index >= 15 is 0 Å². The second-order valence-electron chi connectivity index (χ2n) is 5.02. The Hall–Kier alpha value is 0.490. The van der Waals surface area contributed by atoms with Crippen LogP contribution in [0.25, 0.3) is 0 Å². The molecule has 17 heavy (non-hydrogen) atoms. The summed E-state index contributed by atoms with van der Waals surface area (Å²) in [5.74, 6) is 1.03. The molecule has 1 fully saturated rings. The fourth-order valence-corrected chi connectivity index (χ4v) is 3.69. The van der Waals surface area contributed by atoms with Crippen molar-refractivity contribution < 1.29 is 18.7 Å². The highest BCUT2D eigenvalue weighted by Gasteiger charge is 2.32. The molecule has 0 bridgehead atoms. The molecule has 0 aliphatic carbocycles. The van der Waals surface area contributed by atoms with Crippen molar-refractivity contribution in [3.63, 3.8) is 0 Å². The molecular formula is C11H23O4PS. The van der Waals surface area contributed by atoms with Crippen molar-refractivity contribution in [1.82, 2.24) is 0 Å². The maximum Gasteiger partial charge on any atom is 0.324 e. The van der Waals surface area contributed by atoms with Gasteiger partial charge in [0.15, 0.2) is 0 Å². The van der Waals surface area contributed by atoms with Gasteiger partial charge in [0.1, 0.15) is 0 Å². The van der Waals surface area contributed by atoms with E-state index in [4.69, 9.17) is 25.6 Å². The summed E-state index contributed by atoms with van der Waals surface area (Å²) in [5, 5.41) is 0. The van der Waals surface area contributed by atoms with Crippen molar-refractivity contribution in [3.05, 3.63) is 0 Å². The number of hydrogen-bond acceptors (Lipinski definition) is 4. The molecule has 1 N–H and O–H groups in total. The molecule has 3 atom stereocenters. The third-order valence-corrected chi connectivity index (χ3v) is 4.60. The Bertz CT molecular complexity index is 283. The lowest BCUT2D eigenvalue weighted by Gasteiger charge is -2.24. The van der Waals surface area contributed by atoms with Crippen LogP contribution < -0.4 is 0 Å². The molecule has 0 aromatic heterocycles. The second-order valence-corrected chi connectivity index (χ2v) is 7.81. The van der Waals surface area contributed by atoms with Crippen LogP contribution in [0.3, 0.4) is 0 Å². The highest BCUT2D eigenvalue weighted by atomic mass is 32.5. The van der Waals surface area contributed by atoms with Gasteiger partial charge in [-0.15, -0.1) is 0 Å². The van der Waals surface area contributed by atoms with E-state index < -0.39 is 6.72 Å². The van der Waals surface area contributed by atoms with Crippen molar-refractivity contribution in [2.45, 2.75) is 46.3 Å². The van der Waals surface area contributed by atoms with Gasteiger partial charge in [0.05, 0.1) is 18.8 Å². The van der Waals surface area contributed by atoms with E-state index in [1.807, 2.05) is 13.8 Å². The Balaban J connectivity index is 2.42. The van der Waals surface area contributed by atoms with Gasteiger partial charge in [0, 0.05) is 6.61 Å². The summed E-state index contributed by atoms with van der Waals surface area (Å²) in [6, 6.07) is 0. The molecule has 6 heteroatoms. The molecule has 0 amide bonds. The topological polar surface area (TPSA) is 47.9 Å². The molecule has 0 aromatic rings. The lowest BCUT2D eigenvalue weighted by Crippen LogP contribution is -2.25. The van der Waals surface area contributed by atoms with Crippen LogP contribution in [0.5, 0.6) is 0 Å². The minimum Gasteiger partial charge on any atom is -0.375 e. The smallest absolute Gasteiger partial charge is 0.324 e. The van der Waals surface area contributed by atoms with Crippen molar-refractivity contribution >= 4 is 18.5 Å². The second kappa shape index (κ2) is 6.60. The summed E-state index contributed by atoms with van der Waals surface area (Å²) in [7, 11) is 0. The molecule has 0 saturated carbocycles. The first-order chi connectivity index (χ1) is 7.82. The molecule has 0 spiro atoms. The van der Waals surface area contributed by atoms with Gasteiger partial charge >= 0.3 is 6.72 Å². The van der Waals surface area contributed by atoms with Gasteiger partial charge in [-0.25, -0.2) is 0 Å². The number of ether oxygens (including phenoxy) is 1. The summed E-state index contributed by atoms with van der Waals surface area (Å²) in [6.07, 6.45) is 0.946. The van der Waals surface area contributed by atoms with Crippen LogP contribution in [0.4, 0.5) is 0 Å². The van der Waals surface area contributed by atoms with Crippen LogP contribution in [-0.4, -0.2) is 30.3 Å². The van der Waals surface area contributed by atoms with E-state index in [2.05, 4.69) is 13.8 Å². The Labute approximate surface area is 109 Å². The molecule has 1 rings (SSSR count). The van der Waals surface area contributed by atoms with Crippen LogP contribution in [0.15, 0.2) is 0 Å². The van der Waals surface area contributed by atoms with Gasteiger partial charge in [-0.05, 0) is 43.9 Å². The predicted octanol–water partition coefficient (Wildman–Crippen LogP) is 2.71. The molecule has 1 saturated heterocycles. The zero-order chi connectivity index (χ0) is 13.1. The van der Waals surface area contributed by atoms with Crippen LogP contribution in [-0.2, 0) is 25.6 Å². The standard InChI is InChI=1S/C11H23O4PS/c1-8(2)10-5-6-13-11(10)7-14-16(12,17)15-9(3)4/h8-11H,5-7H2,1-4H3,(H,12,17)/t10-,11-,16?/m1/s1. The molecule has 4 nitrogen and oxygen atoms in total. The minimum atomic E-state index is -3.10. The lowest BCUT2D eigenvalue weighted by atomic mass is 9.90.